The fourth-order valence-electron chi connectivity index (χ4n) is 2.88. The minimum absolute atomic E-state index is 0.0614. The number of piperidine rings is 1. The Hall–Kier alpha value is -1.64. The van der Waals surface area contributed by atoms with Gasteiger partial charge in [0.15, 0.2) is 0 Å². The molecule has 144 valence electrons. The maximum absolute atomic E-state index is 12.5. The number of amides is 2. The molecule has 0 saturated carbocycles. The van der Waals surface area contributed by atoms with E-state index >= 15 is 0 Å². The molecule has 1 aliphatic rings. The molecule has 7 nitrogen and oxygen atoms in total. The number of likely N-dealkylation sites (tertiary alicyclic amines) is 1. The highest BCUT2D eigenvalue weighted by molar-refractivity contribution is 7.89. The van der Waals surface area contributed by atoms with Crippen LogP contribution in [0.25, 0.3) is 0 Å². The van der Waals surface area contributed by atoms with Gasteiger partial charge in [-0.25, -0.2) is 8.42 Å². The zero-order valence-electron chi connectivity index (χ0n) is 14.9. The fourth-order valence-corrected chi connectivity index (χ4v) is 4.21. The van der Waals surface area contributed by atoms with Crippen molar-refractivity contribution in [1.29, 1.82) is 0 Å². The van der Waals surface area contributed by atoms with E-state index in [1.165, 1.54) is 31.2 Å². The second-order valence-electron chi connectivity index (χ2n) is 6.50. The van der Waals surface area contributed by atoms with Crippen molar-refractivity contribution in [2.24, 2.45) is 5.92 Å². The smallest absolute Gasteiger partial charge is 0.241 e. The van der Waals surface area contributed by atoms with Gasteiger partial charge in [-0.05, 0) is 49.9 Å². The number of nitrogens with zero attached hydrogens (tertiary/aromatic N) is 1. The monoisotopic (exact) mass is 401 g/mol. The lowest BCUT2D eigenvalue weighted by Crippen LogP contribution is -2.50. The molecule has 1 saturated heterocycles. The second kappa shape index (κ2) is 8.83. The molecule has 2 amide bonds. The van der Waals surface area contributed by atoms with Crippen molar-refractivity contribution in [3.8, 4) is 0 Å². The van der Waals surface area contributed by atoms with Crippen molar-refractivity contribution in [3.63, 3.8) is 0 Å². The van der Waals surface area contributed by atoms with Gasteiger partial charge in [0.1, 0.15) is 0 Å². The summed E-state index contributed by atoms with van der Waals surface area (Å²) in [5.74, 6) is 0.0262. The Morgan fingerprint density at radius 1 is 1.23 bits per heavy atom. The molecule has 0 radical (unpaired) electrons. The molecule has 9 heteroatoms. The van der Waals surface area contributed by atoms with Crippen molar-refractivity contribution in [2.75, 3.05) is 19.6 Å². The van der Waals surface area contributed by atoms with E-state index in [0.29, 0.717) is 30.6 Å². The van der Waals surface area contributed by atoms with Crippen molar-refractivity contribution in [2.45, 2.75) is 37.6 Å². The van der Waals surface area contributed by atoms with Gasteiger partial charge in [-0.15, -0.1) is 0 Å². The molecule has 1 aromatic rings. The summed E-state index contributed by atoms with van der Waals surface area (Å²) in [4.78, 5) is 25.2. The average molecular weight is 402 g/mol. The standard InChI is InChI=1S/C17H24ClN3O4S/c1-12(20-26(24,25)16-5-3-15(18)4-6-16)17(23)21-9-7-14(8-10-21)11-19-13(2)22/h3-6,12,14,20H,7-11H2,1-2H3,(H,19,22)/t12-/m0/s1. The SMILES string of the molecule is CC(=O)NCC1CCN(C(=O)[C@H](C)NS(=O)(=O)c2ccc(Cl)cc2)CC1. The van der Waals surface area contributed by atoms with Gasteiger partial charge >= 0.3 is 0 Å². The average Bonchev–Trinajstić information content (AvgIpc) is 2.59. The first-order chi connectivity index (χ1) is 12.2. The molecule has 2 rings (SSSR count). The molecule has 1 atom stereocenters. The van der Waals surface area contributed by atoms with Gasteiger partial charge in [0.05, 0.1) is 10.9 Å². The summed E-state index contributed by atoms with van der Waals surface area (Å²) >= 11 is 5.77. The molecule has 0 bridgehead atoms. The normalized spacial score (nSPS) is 17.0. The van der Waals surface area contributed by atoms with Crippen molar-refractivity contribution >= 4 is 33.4 Å². The Bertz CT molecular complexity index is 744. The van der Waals surface area contributed by atoms with Gasteiger partial charge in [0.25, 0.3) is 0 Å². The van der Waals surface area contributed by atoms with Gasteiger partial charge in [-0.3, -0.25) is 9.59 Å². The summed E-state index contributed by atoms with van der Waals surface area (Å²) in [7, 11) is -3.79. The van der Waals surface area contributed by atoms with Crippen LogP contribution in [-0.4, -0.2) is 50.8 Å². The van der Waals surface area contributed by atoms with Crippen LogP contribution in [0.4, 0.5) is 0 Å². The van der Waals surface area contributed by atoms with Gasteiger partial charge in [-0.1, -0.05) is 11.6 Å². The molecule has 2 N–H and O–H groups in total. The predicted molar refractivity (Wildman–Crippen MR) is 99.2 cm³/mol. The molecule has 0 aromatic heterocycles. The van der Waals surface area contributed by atoms with Crippen LogP contribution in [0.15, 0.2) is 29.2 Å². The number of sulfonamides is 1. The second-order valence-corrected chi connectivity index (χ2v) is 8.65. The van der Waals surface area contributed by atoms with E-state index in [2.05, 4.69) is 10.0 Å². The molecule has 0 aliphatic carbocycles. The number of carbonyl (C=O) groups is 2. The quantitative estimate of drug-likeness (QED) is 0.752. The van der Waals surface area contributed by atoms with Crippen LogP contribution in [0.3, 0.4) is 0 Å². The maximum atomic E-state index is 12.5. The number of halogens is 1. The molecule has 1 fully saturated rings. The summed E-state index contributed by atoms with van der Waals surface area (Å²) in [5, 5.41) is 3.23. The highest BCUT2D eigenvalue weighted by atomic mass is 35.5. The highest BCUT2D eigenvalue weighted by Crippen LogP contribution is 2.18. The van der Waals surface area contributed by atoms with E-state index in [0.717, 1.165) is 12.8 Å². The minimum atomic E-state index is -3.79. The maximum Gasteiger partial charge on any atom is 0.241 e. The third-order valence-corrected chi connectivity index (χ3v) is 6.20. The van der Waals surface area contributed by atoms with E-state index in [1.54, 1.807) is 11.8 Å². The fraction of sp³-hybridized carbons (Fsp3) is 0.529. The van der Waals surface area contributed by atoms with Crippen molar-refractivity contribution < 1.29 is 18.0 Å². The molecular weight excluding hydrogens is 378 g/mol. The van der Waals surface area contributed by atoms with Crippen LogP contribution in [0.2, 0.25) is 5.02 Å². The summed E-state index contributed by atoms with van der Waals surface area (Å²) in [6.07, 6.45) is 1.56. The minimum Gasteiger partial charge on any atom is -0.356 e. The topological polar surface area (TPSA) is 95.6 Å². The van der Waals surface area contributed by atoms with E-state index < -0.39 is 16.1 Å². The zero-order chi connectivity index (χ0) is 19.3. The van der Waals surface area contributed by atoms with Crippen LogP contribution in [0, 0.1) is 5.92 Å². The first-order valence-electron chi connectivity index (χ1n) is 8.50. The highest BCUT2D eigenvalue weighted by Gasteiger charge is 2.28. The number of nitrogens with one attached hydrogen (secondary N) is 2. The molecule has 1 aromatic carbocycles. The van der Waals surface area contributed by atoms with Crippen LogP contribution in [-0.2, 0) is 19.6 Å². The molecule has 26 heavy (non-hydrogen) atoms. The Morgan fingerprint density at radius 3 is 2.35 bits per heavy atom. The van der Waals surface area contributed by atoms with Crippen LogP contribution >= 0.6 is 11.6 Å². The Kier molecular flexibility index (Phi) is 7.02. The van der Waals surface area contributed by atoms with E-state index in [9.17, 15) is 18.0 Å². The summed E-state index contributed by atoms with van der Waals surface area (Å²) in [5.41, 5.74) is 0. The van der Waals surface area contributed by atoms with Crippen molar-refractivity contribution in [3.05, 3.63) is 29.3 Å². The van der Waals surface area contributed by atoms with Crippen molar-refractivity contribution in [1.82, 2.24) is 14.9 Å². The summed E-state index contributed by atoms with van der Waals surface area (Å²) < 4.78 is 27.2. The lowest BCUT2D eigenvalue weighted by Gasteiger charge is -2.33. The first kappa shape index (κ1) is 20.7. The number of rotatable bonds is 6. The third-order valence-electron chi connectivity index (χ3n) is 4.39. The Morgan fingerprint density at radius 2 is 1.81 bits per heavy atom. The number of carbonyl (C=O) groups excluding carboxylic acids is 2. The molecule has 1 heterocycles. The number of hydrogen-bond donors (Lipinski definition) is 2. The zero-order valence-corrected chi connectivity index (χ0v) is 16.4. The Balaban J connectivity index is 1.89. The molecular formula is C17H24ClN3O4S. The molecule has 0 spiro atoms. The van der Waals surface area contributed by atoms with Gasteiger partial charge < -0.3 is 10.2 Å². The molecule has 1 aliphatic heterocycles. The first-order valence-corrected chi connectivity index (χ1v) is 10.4. The van der Waals surface area contributed by atoms with Gasteiger partial charge in [-0.2, -0.15) is 4.72 Å². The van der Waals surface area contributed by atoms with Crippen LogP contribution in [0.1, 0.15) is 26.7 Å². The number of benzene rings is 1. The van der Waals surface area contributed by atoms with E-state index in [-0.39, 0.29) is 16.7 Å². The molecule has 0 unspecified atom stereocenters. The summed E-state index contributed by atoms with van der Waals surface area (Å²) in [6.45, 7) is 4.73. The predicted octanol–water partition coefficient (Wildman–Crippen LogP) is 1.38. The lowest BCUT2D eigenvalue weighted by molar-refractivity contribution is -0.134. The largest absolute Gasteiger partial charge is 0.356 e. The lowest BCUT2D eigenvalue weighted by atomic mass is 9.96. The van der Waals surface area contributed by atoms with E-state index in [4.69, 9.17) is 11.6 Å². The van der Waals surface area contributed by atoms with Crippen LogP contribution in [0.5, 0.6) is 0 Å². The van der Waals surface area contributed by atoms with Crippen LogP contribution < -0.4 is 10.0 Å². The third kappa shape index (κ3) is 5.69. The Labute approximate surface area is 159 Å². The van der Waals surface area contributed by atoms with E-state index in [1.807, 2.05) is 0 Å². The van der Waals surface area contributed by atoms with Gasteiger partial charge in [0, 0.05) is 31.6 Å². The number of hydrogen-bond acceptors (Lipinski definition) is 4. The summed E-state index contributed by atoms with van der Waals surface area (Å²) in [6, 6.07) is 4.91. The van der Waals surface area contributed by atoms with Gasteiger partial charge in [0.2, 0.25) is 21.8 Å².